The molecule has 0 aromatic rings. The number of hydrogen-bond acceptors (Lipinski definition) is 7. The summed E-state index contributed by atoms with van der Waals surface area (Å²) >= 11 is 0. The highest BCUT2D eigenvalue weighted by Crippen LogP contribution is 2.42. The summed E-state index contributed by atoms with van der Waals surface area (Å²) in [7, 11) is 0. The number of ether oxygens (including phenoxy) is 7. The smallest absolute Gasteiger partial charge is 0.283 e. The van der Waals surface area contributed by atoms with Crippen molar-refractivity contribution in [3.63, 3.8) is 0 Å². The fourth-order valence-corrected chi connectivity index (χ4v) is 4.67. The van der Waals surface area contributed by atoms with Crippen LogP contribution >= 0.6 is 0 Å². The predicted octanol–water partition coefficient (Wildman–Crippen LogP) is 6.04. The zero-order valence-corrected chi connectivity index (χ0v) is 24.0. The van der Waals surface area contributed by atoms with Gasteiger partial charge in [0.1, 0.15) is 0 Å². The molecule has 0 bridgehead atoms. The van der Waals surface area contributed by atoms with E-state index < -0.39 is 23.0 Å². The first-order chi connectivity index (χ1) is 15.3. The van der Waals surface area contributed by atoms with Gasteiger partial charge in [0, 0.05) is 12.8 Å². The summed E-state index contributed by atoms with van der Waals surface area (Å²) in [6.07, 6.45) is 2.11. The highest BCUT2D eigenvalue weighted by molar-refractivity contribution is 4.88. The van der Waals surface area contributed by atoms with Crippen molar-refractivity contribution in [1.82, 2.24) is 0 Å². The molecule has 0 N–H and O–H groups in total. The van der Waals surface area contributed by atoms with Crippen molar-refractivity contribution < 1.29 is 33.2 Å². The van der Waals surface area contributed by atoms with E-state index in [9.17, 15) is 0 Å². The molecule has 0 radical (unpaired) electrons. The molecular weight excluding hydrogens is 436 g/mol. The van der Waals surface area contributed by atoms with Gasteiger partial charge in [0.2, 0.25) is 0 Å². The van der Waals surface area contributed by atoms with Crippen molar-refractivity contribution >= 4 is 0 Å². The molecule has 2 heterocycles. The average Bonchev–Trinajstić information content (AvgIpc) is 2.68. The van der Waals surface area contributed by atoms with Crippen LogP contribution < -0.4 is 0 Å². The lowest BCUT2D eigenvalue weighted by Gasteiger charge is -2.52. The fourth-order valence-electron chi connectivity index (χ4n) is 4.67. The quantitative estimate of drug-likeness (QED) is 0.392. The fraction of sp³-hybridized carbons (Fsp3) is 1.00. The minimum absolute atomic E-state index is 0.181. The van der Waals surface area contributed by atoms with Crippen LogP contribution in [-0.4, -0.2) is 61.8 Å². The lowest BCUT2D eigenvalue weighted by atomic mass is 9.83. The maximum absolute atomic E-state index is 6.43. The lowest BCUT2D eigenvalue weighted by molar-refractivity contribution is -0.482. The zero-order chi connectivity index (χ0) is 26.1. The molecule has 0 aromatic carbocycles. The Labute approximate surface area is 208 Å². The van der Waals surface area contributed by atoms with Crippen molar-refractivity contribution in [2.45, 2.75) is 131 Å². The van der Waals surface area contributed by atoms with E-state index >= 15 is 0 Å². The molecule has 2 aliphatic rings. The summed E-state index contributed by atoms with van der Waals surface area (Å²) in [6, 6.07) is 0. The van der Waals surface area contributed by atoms with Crippen LogP contribution in [0.2, 0.25) is 0 Å². The largest absolute Gasteiger partial charge is 0.373 e. The Morgan fingerprint density at radius 3 is 1.38 bits per heavy atom. The first kappa shape index (κ1) is 29.9. The van der Waals surface area contributed by atoms with Crippen LogP contribution in [0.5, 0.6) is 0 Å². The average molecular weight is 489 g/mol. The minimum Gasteiger partial charge on any atom is -0.373 e. The Morgan fingerprint density at radius 1 is 0.618 bits per heavy atom. The summed E-state index contributed by atoms with van der Waals surface area (Å²) < 4.78 is 43.6. The van der Waals surface area contributed by atoms with Crippen molar-refractivity contribution in [3.8, 4) is 0 Å². The van der Waals surface area contributed by atoms with E-state index in [1.165, 1.54) is 0 Å². The van der Waals surface area contributed by atoms with Crippen molar-refractivity contribution in [2.75, 3.05) is 33.0 Å². The molecule has 0 unspecified atom stereocenters. The zero-order valence-electron chi connectivity index (χ0n) is 24.0. The number of rotatable bonds is 9. The van der Waals surface area contributed by atoms with Crippen LogP contribution in [0.4, 0.5) is 0 Å². The number of hydrogen-bond donors (Lipinski definition) is 0. The maximum Gasteiger partial charge on any atom is 0.283 e. The molecule has 0 saturated carbocycles. The van der Waals surface area contributed by atoms with Gasteiger partial charge in [-0.2, -0.15) is 0 Å². The van der Waals surface area contributed by atoms with Gasteiger partial charge in [-0.3, -0.25) is 0 Å². The second-order valence-electron chi connectivity index (χ2n) is 13.6. The summed E-state index contributed by atoms with van der Waals surface area (Å²) in [5.41, 5.74) is -1.43. The van der Waals surface area contributed by atoms with Gasteiger partial charge < -0.3 is 33.2 Å². The predicted molar refractivity (Wildman–Crippen MR) is 132 cm³/mol. The van der Waals surface area contributed by atoms with E-state index in [1.54, 1.807) is 0 Å². The second kappa shape index (κ2) is 10.2. The molecule has 2 rings (SSSR count). The van der Waals surface area contributed by atoms with Gasteiger partial charge >= 0.3 is 0 Å². The van der Waals surface area contributed by atoms with E-state index in [1.807, 2.05) is 48.5 Å². The Kier molecular flexibility index (Phi) is 9.01. The first-order valence-corrected chi connectivity index (χ1v) is 12.9. The van der Waals surface area contributed by atoms with Gasteiger partial charge in [-0.1, -0.05) is 34.6 Å². The Balaban J connectivity index is 1.96. The molecule has 7 nitrogen and oxygen atoms in total. The molecule has 202 valence electrons. The van der Waals surface area contributed by atoms with Crippen LogP contribution in [0.1, 0.15) is 102 Å². The third kappa shape index (κ3) is 8.68. The third-order valence-electron chi connectivity index (χ3n) is 5.92. The maximum atomic E-state index is 6.43. The summed E-state index contributed by atoms with van der Waals surface area (Å²) in [5, 5.41) is 0. The summed E-state index contributed by atoms with van der Waals surface area (Å²) in [6.45, 7) is 27.1. The van der Waals surface area contributed by atoms with Gasteiger partial charge in [-0.15, -0.1) is 0 Å². The third-order valence-corrected chi connectivity index (χ3v) is 5.92. The highest BCUT2D eigenvalue weighted by Gasteiger charge is 2.53. The van der Waals surface area contributed by atoms with E-state index in [0.717, 1.165) is 6.42 Å². The van der Waals surface area contributed by atoms with E-state index in [2.05, 4.69) is 34.6 Å². The normalized spacial score (nSPS) is 31.8. The molecule has 1 spiro atoms. The molecule has 34 heavy (non-hydrogen) atoms. The van der Waals surface area contributed by atoms with E-state index in [4.69, 9.17) is 33.2 Å². The summed E-state index contributed by atoms with van der Waals surface area (Å²) in [5.74, 6) is -2.15. The van der Waals surface area contributed by atoms with Gasteiger partial charge in [0.05, 0.1) is 55.3 Å². The van der Waals surface area contributed by atoms with Crippen molar-refractivity contribution in [1.29, 1.82) is 0 Å². The molecule has 0 aromatic heterocycles. The Hall–Kier alpha value is -0.280. The van der Waals surface area contributed by atoms with E-state index in [-0.39, 0.29) is 16.6 Å². The highest BCUT2D eigenvalue weighted by atomic mass is 16.9. The SMILES string of the molecule is CCC1(OC(C)(C)C)OCC2(CO1)COC(CC)(OC(C)(C)COC(C)(C)CC(C)(C)C)OC2. The van der Waals surface area contributed by atoms with Gasteiger partial charge in [0.15, 0.2) is 0 Å². The molecule has 2 aliphatic heterocycles. The molecular formula is C27H52O7. The van der Waals surface area contributed by atoms with Crippen LogP contribution in [-0.2, 0) is 33.2 Å². The van der Waals surface area contributed by atoms with Gasteiger partial charge in [-0.05, 0) is 60.3 Å². The molecule has 2 saturated heterocycles. The van der Waals surface area contributed by atoms with Crippen LogP contribution in [0.3, 0.4) is 0 Å². The first-order valence-electron chi connectivity index (χ1n) is 12.9. The standard InChI is InChI=1S/C27H52O7/c1-13-26(33-22(6,7)8)29-17-25(18-30-26)19-31-27(14-2,32-20-25)34-24(11,12)16-28-23(9,10)15-21(3,4)5/h13-20H2,1-12H3. The lowest BCUT2D eigenvalue weighted by Crippen LogP contribution is -2.61. The van der Waals surface area contributed by atoms with Crippen molar-refractivity contribution in [3.05, 3.63) is 0 Å². The van der Waals surface area contributed by atoms with Crippen LogP contribution in [0.15, 0.2) is 0 Å². The van der Waals surface area contributed by atoms with Crippen LogP contribution in [0, 0.1) is 10.8 Å². The molecule has 0 atom stereocenters. The van der Waals surface area contributed by atoms with E-state index in [0.29, 0.717) is 45.9 Å². The van der Waals surface area contributed by atoms with Gasteiger partial charge in [0.25, 0.3) is 11.9 Å². The Bertz CT molecular complexity index is 639. The minimum atomic E-state index is -1.12. The monoisotopic (exact) mass is 488 g/mol. The second-order valence-corrected chi connectivity index (χ2v) is 13.6. The topological polar surface area (TPSA) is 64.6 Å². The molecule has 0 aliphatic carbocycles. The van der Waals surface area contributed by atoms with Gasteiger partial charge in [-0.25, -0.2) is 0 Å². The van der Waals surface area contributed by atoms with Crippen molar-refractivity contribution in [2.24, 2.45) is 10.8 Å². The molecule has 7 heteroatoms. The molecule has 2 fully saturated rings. The summed E-state index contributed by atoms with van der Waals surface area (Å²) in [4.78, 5) is 0. The molecule has 0 amide bonds. The van der Waals surface area contributed by atoms with Crippen LogP contribution in [0.25, 0.3) is 0 Å². The Morgan fingerprint density at radius 2 is 1.03 bits per heavy atom.